The summed E-state index contributed by atoms with van der Waals surface area (Å²) in [7, 11) is 0. The first kappa shape index (κ1) is 10.9. The quantitative estimate of drug-likeness (QED) is 0.586. The largest absolute Gasteiger partial charge is 0.476 e. The predicted molar refractivity (Wildman–Crippen MR) is 67.6 cm³/mol. The van der Waals surface area contributed by atoms with Gasteiger partial charge in [-0.2, -0.15) is 0 Å². The van der Waals surface area contributed by atoms with Gasteiger partial charge in [0, 0.05) is 5.92 Å². The van der Waals surface area contributed by atoms with Gasteiger partial charge in [0.2, 0.25) is 0 Å². The van der Waals surface area contributed by atoms with E-state index < -0.39 is 0 Å². The Bertz CT molecular complexity index is 400. The molecule has 0 radical (unpaired) electrons. The van der Waals surface area contributed by atoms with Crippen molar-refractivity contribution >= 4 is 28.4 Å². The van der Waals surface area contributed by atoms with Gasteiger partial charge in [-0.05, 0) is 34.7 Å². The molecule has 2 nitrogen and oxygen atoms in total. The maximum absolute atomic E-state index is 11.9. The van der Waals surface area contributed by atoms with Gasteiger partial charge < -0.3 is 4.74 Å². The van der Waals surface area contributed by atoms with Crippen molar-refractivity contribution < 1.29 is 9.53 Å². The summed E-state index contributed by atoms with van der Waals surface area (Å²) in [5, 5.41) is 0. The van der Waals surface area contributed by atoms with Gasteiger partial charge in [-0.25, -0.2) is 0 Å². The zero-order valence-corrected chi connectivity index (χ0v) is 10.9. The summed E-state index contributed by atoms with van der Waals surface area (Å²) in [4.78, 5) is 11.9. The van der Waals surface area contributed by atoms with Gasteiger partial charge in [0.1, 0.15) is 5.75 Å². The number of hydrogen-bond acceptors (Lipinski definition) is 2. The highest BCUT2D eigenvalue weighted by atomic mass is 127. The number of hydrogen-bond donors (Lipinski definition) is 0. The minimum atomic E-state index is -0.386. The monoisotopic (exact) mass is 316 g/mol. The topological polar surface area (TPSA) is 26.3 Å². The van der Waals surface area contributed by atoms with Crippen LogP contribution < -0.4 is 4.74 Å². The summed E-state index contributed by atoms with van der Waals surface area (Å²) in [5.74, 6) is 1.22. The molecule has 1 aliphatic rings. The molecule has 1 unspecified atom stereocenters. The zero-order chi connectivity index (χ0) is 11.1. The number of fused-ring (bicyclic) bond motifs is 1. The molecule has 0 saturated heterocycles. The minimum Gasteiger partial charge on any atom is -0.476 e. The molecule has 80 valence electrons. The number of carbonyl (C=O) groups excluding carboxylic acids is 1. The molecular formula is C12H13IO2. The molecule has 1 aromatic carbocycles. The van der Waals surface area contributed by atoms with Crippen LogP contribution in [0.4, 0.5) is 0 Å². The van der Waals surface area contributed by atoms with E-state index in [1.807, 2.05) is 24.3 Å². The molecule has 1 atom stereocenters. The van der Waals surface area contributed by atoms with Crippen molar-refractivity contribution in [1.29, 1.82) is 0 Å². The highest BCUT2D eigenvalue weighted by molar-refractivity contribution is 14.1. The molecular weight excluding hydrogens is 303 g/mol. The fraction of sp³-hybridized carbons (Fsp3) is 0.417. The van der Waals surface area contributed by atoms with Gasteiger partial charge in [-0.3, -0.25) is 4.79 Å². The van der Waals surface area contributed by atoms with Crippen LogP contribution in [0.5, 0.6) is 5.75 Å². The molecule has 0 aromatic heterocycles. The van der Waals surface area contributed by atoms with E-state index in [9.17, 15) is 4.79 Å². The van der Waals surface area contributed by atoms with Crippen molar-refractivity contribution in [3.8, 4) is 5.75 Å². The van der Waals surface area contributed by atoms with Crippen molar-refractivity contribution in [2.45, 2.75) is 23.9 Å². The molecule has 0 N–H and O–H groups in total. The van der Waals surface area contributed by atoms with E-state index in [4.69, 9.17) is 4.74 Å². The van der Waals surface area contributed by atoms with Crippen molar-refractivity contribution in [3.63, 3.8) is 0 Å². The number of alkyl halides is 1. The Morgan fingerprint density at radius 1 is 1.40 bits per heavy atom. The lowest BCUT2D eigenvalue weighted by Gasteiger charge is -2.36. The first-order valence-corrected chi connectivity index (χ1v) is 6.11. The molecule has 1 aromatic rings. The lowest BCUT2D eigenvalue weighted by atomic mass is 9.94. The second-order valence-corrected chi connectivity index (χ2v) is 5.97. The zero-order valence-electron chi connectivity index (χ0n) is 8.79. The Morgan fingerprint density at radius 3 is 2.73 bits per heavy atom. The molecule has 0 saturated carbocycles. The van der Waals surface area contributed by atoms with E-state index in [2.05, 4.69) is 36.4 Å². The molecule has 3 heteroatoms. The van der Waals surface area contributed by atoms with Crippen molar-refractivity contribution in [1.82, 2.24) is 0 Å². The summed E-state index contributed by atoms with van der Waals surface area (Å²) < 4.78 is 5.53. The lowest BCUT2D eigenvalue weighted by molar-refractivity contribution is 0.0721. The molecule has 15 heavy (non-hydrogen) atoms. The highest BCUT2D eigenvalue weighted by Crippen LogP contribution is 2.41. The van der Waals surface area contributed by atoms with Crippen molar-refractivity contribution in [2.24, 2.45) is 5.92 Å². The Morgan fingerprint density at radius 2 is 2.07 bits per heavy atom. The van der Waals surface area contributed by atoms with Crippen LogP contribution in [-0.4, -0.2) is 9.39 Å². The summed E-state index contributed by atoms with van der Waals surface area (Å²) in [6, 6.07) is 7.46. The van der Waals surface area contributed by atoms with Crippen LogP contribution in [-0.2, 0) is 0 Å². The Kier molecular flexibility index (Phi) is 2.75. The average molecular weight is 316 g/mol. The Labute approximate surface area is 103 Å². The number of ether oxygens (including phenoxy) is 1. The highest BCUT2D eigenvalue weighted by Gasteiger charge is 2.40. The molecule has 0 spiro atoms. The summed E-state index contributed by atoms with van der Waals surface area (Å²) in [6.45, 7) is 4.15. The maximum atomic E-state index is 11.9. The normalized spacial score (nSPS) is 24.9. The van der Waals surface area contributed by atoms with E-state index >= 15 is 0 Å². The number of Topliss-reactive ketones (excluding diaryl/α,β-unsaturated/α-hetero) is 1. The van der Waals surface area contributed by atoms with Gasteiger partial charge in [0.15, 0.2) is 9.39 Å². The van der Waals surface area contributed by atoms with E-state index in [1.54, 1.807) is 0 Å². The third kappa shape index (κ3) is 1.89. The summed E-state index contributed by atoms with van der Waals surface area (Å²) in [5.41, 5.74) is 0.713. The number of halogens is 1. The van der Waals surface area contributed by atoms with Crippen LogP contribution in [0, 0.1) is 5.92 Å². The van der Waals surface area contributed by atoms with Crippen LogP contribution in [0.15, 0.2) is 24.3 Å². The number of rotatable bonds is 1. The van der Waals surface area contributed by atoms with Crippen LogP contribution in [0.25, 0.3) is 0 Å². The standard InChI is InChI=1S/C12H13IO2/c1-8(2)12(13)7-10(14)9-5-3-4-6-11(9)15-12/h3-6,8H,7H2,1-2H3. The fourth-order valence-corrected chi connectivity index (χ4v) is 2.22. The van der Waals surface area contributed by atoms with E-state index in [1.165, 1.54) is 0 Å². The molecule has 0 fully saturated rings. The van der Waals surface area contributed by atoms with Crippen LogP contribution in [0.3, 0.4) is 0 Å². The minimum absolute atomic E-state index is 0.181. The van der Waals surface area contributed by atoms with Crippen molar-refractivity contribution in [2.75, 3.05) is 0 Å². The van der Waals surface area contributed by atoms with Crippen LogP contribution in [0.1, 0.15) is 30.6 Å². The van der Waals surface area contributed by atoms with Crippen molar-refractivity contribution in [3.05, 3.63) is 29.8 Å². The molecule has 0 amide bonds. The number of para-hydroxylation sites is 1. The average Bonchev–Trinajstić information content (AvgIpc) is 2.17. The van der Waals surface area contributed by atoms with E-state index in [0.29, 0.717) is 17.9 Å². The first-order valence-electron chi connectivity index (χ1n) is 5.03. The second-order valence-electron chi connectivity index (χ2n) is 4.14. The molecule has 0 aliphatic carbocycles. The number of ketones is 1. The van der Waals surface area contributed by atoms with Gasteiger partial charge in [0.05, 0.1) is 12.0 Å². The van der Waals surface area contributed by atoms with E-state index in [-0.39, 0.29) is 9.39 Å². The van der Waals surface area contributed by atoms with E-state index in [0.717, 1.165) is 5.75 Å². The van der Waals surface area contributed by atoms with Gasteiger partial charge in [-0.15, -0.1) is 0 Å². The second kappa shape index (κ2) is 3.77. The third-order valence-electron chi connectivity index (χ3n) is 2.73. The first-order chi connectivity index (χ1) is 7.03. The smallest absolute Gasteiger partial charge is 0.171 e. The summed E-state index contributed by atoms with van der Waals surface area (Å²) >= 11 is 2.25. The number of benzene rings is 1. The van der Waals surface area contributed by atoms with Crippen LogP contribution >= 0.6 is 22.6 Å². The third-order valence-corrected chi connectivity index (χ3v) is 4.58. The predicted octanol–water partition coefficient (Wildman–Crippen LogP) is 3.44. The van der Waals surface area contributed by atoms with Gasteiger partial charge >= 0.3 is 0 Å². The Hall–Kier alpha value is -0.580. The fourth-order valence-electron chi connectivity index (χ4n) is 1.64. The SMILES string of the molecule is CC(C)C1(I)CC(=O)c2ccccc2O1. The summed E-state index contributed by atoms with van der Waals surface area (Å²) in [6.07, 6.45) is 0.461. The molecule has 2 rings (SSSR count). The van der Waals surface area contributed by atoms with Crippen LogP contribution in [0.2, 0.25) is 0 Å². The Balaban J connectivity index is 2.42. The number of carbonyl (C=O) groups is 1. The molecule has 1 aliphatic heterocycles. The molecule has 0 bridgehead atoms. The maximum Gasteiger partial charge on any atom is 0.171 e. The van der Waals surface area contributed by atoms with Gasteiger partial charge in [-0.1, -0.05) is 26.0 Å². The lowest BCUT2D eigenvalue weighted by Crippen LogP contribution is -2.40. The molecule has 1 heterocycles. The van der Waals surface area contributed by atoms with Gasteiger partial charge in [0.25, 0.3) is 0 Å².